The van der Waals surface area contributed by atoms with Crippen LogP contribution in [0.2, 0.25) is 0 Å². The van der Waals surface area contributed by atoms with Crippen LogP contribution < -0.4 is 14.8 Å². The van der Waals surface area contributed by atoms with Crippen molar-refractivity contribution in [2.75, 3.05) is 19.5 Å². The van der Waals surface area contributed by atoms with Crippen molar-refractivity contribution in [1.82, 2.24) is 9.97 Å². The van der Waals surface area contributed by atoms with Crippen LogP contribution in [-0.4, -0.2) is 24.1 Å². The van der Waals surface area contributed by atoms with E-state index in [0.717, 1.165) is 16.5 Å². The number of benzene rings is 2. The van der Waals surface area contributed by atoms with Gasteiger partial charge in [-0.3, -0.25) is 0 Å². The van der Waals surface area contributed by atoms with Crippen LogP contribution in [0.1, 0.15) is 0 Å². The number of aromatic nitrogens is 2. The lowest BCUT2D eigenvalue weighted by Gasteiger charge is -2.13. The van der Waals surface area contributed by atoms with Gasteiger partial charge in [-0.1, -0.05) is 36.4 Å². The Kier molecular flexibility index (Phi) is 3.55. The first-order chi connectivity index (χ1) is 10.3. The fraction of sp³-hybridized carbons (Fsp3) is 0.125. The molecule has 0 saturated heterocycles. The van der Waals surface area contributed by atoms with E-state index in [1.165, 1.54) is 6.33 Å². The molecule has 0 fully saturated rings. The third kappa shape index (κ3) is 2.45. The second kappa shape index (κ2) is 5.66. The Labute approximate surface area is 122 Å². The van der Waals surface area contributed by atoms with Crippen LogP contribution in [0.25, 0.3) is 10.8 Å². The minimum Gasteiger partial charge on any atom is -0.489 e. The van der Waals surface area contributed by atoms with Gasteiger partial charge < -0.3 is 14.8 Å². The van der Waals surface area contributed by atoms with Crippen molar-refractivity contribution in [2.24, 2.45) is 0 Å². The highest BCUT2D eigenvalue weighted by molar-refractivity contribution is 5.88. The minimum atomic E-state index is 0.383. The predicted molar refractivity (Wildman–Crippen MR) is 82.2 cm³/mol. The molecule has 1 heterocycles. The minimum absolute atomic E-state index is 0.383. The van der Waals surface area contributed by atoms with Gasteiger partial charge in [-0.25, -0.2) is 4.98 Å². The van der Waals surface area contributed by atoms with Gasteiger partial charge in [0.1, 0.15) is 12.1 Å². The molecule has 0 aliphatic heterocycles. The van der Waals surface area contributed by atoms with Gasteiger partial charge >= 0.3 is 0 Å². The zero-order chi connectivity index (χ0) is 14.7. The van der Waals surface area contributed by atoms with Crippen molar-refractivity contribution in [3.05, 3.63) is 48.8 Å². The molecule has 0 bridgehead atoms. The summed E-state index contributed by atoms with van der Waals surface area (Å²) in [5.41, 5.74) is 0. The van der Waals surface area contributed by atoms with E-state index in [-0.39, 0.29) is 0 Å². The molecule has 1 N–H and O–H groups in total. The van der Waals surface area contributed by atoms with Gasteiger partial charge in [0.15, 0.2) is 5.82 Å². The number of hydrogen-bond donors (Lipinski definition) is 1. The number of hydrogen-bond acceptors (Lipinski definition) is 5. The van der Waals surface area contributed by atoms with Gasteiger partial charge in [0.05, 0.1) is 7.11 Å². The average Bonchev–Trinajstić information content (AvgIpc) is 2.55. The second-order valence-corrected chi connectivity index (χ2v) is 4.39. The lowest BCUT2D eigenvalue weighted by atomic mass is 10.1. The summed E-state index contributed by atoms with van der Waals surface area (Å²) in [5, 5.41) is 5.08. The molecule has 0 spiro atoms. The molecule has 106 valence electrons. The zero-order valence-electron chi connectivity index (χ0n) is 11.8. The van der Waals surface area contributed by atoms with Crippen LogP contribution in [0.5, 0.6) is 17.4 Å². The van der Waals surface area contributed by atoms with Gasteiger partial charge in [-0.15, -0.1) is 0 Å². The van der Waals surface area contributed by atoms with E-state index >= 15 is 0 Å². The number of nitrogens with one attached hydrogen (secondary N) is 1. The zero-order valence-corrected chi connectivity index (χ0v) is 11.8. The highest BCUT2D eigenvalue weighted by Gasteiger charge is 2.14. The van der Waals surface area contributed by atoms with Gasteiger partial charge in [-0.05, 0) is 11.5 Å². The average molecular weight is 281 g/mol. The van der Waals surface area contributed by atoms with Gasteiger partial charge in [0.25, 0.3) is 5.88 Å². The Morgan fingerprint density at radius 1 is 1.00 bits per heavy atom. The quantitative estimate of drug-likeness (QED) is 0.793. The summed E-state index contributed by atoms with van der Waals surface area (Å²) in [6.45, 7) is 0. The van der Waals surface area contributed by atoms with Gasteiger partial charge in [-0.2, -0.15) is 4.98 Å². The summed E-state index contributed by atoms with van der Waals surface area (Å²) in [4.78, 5) is 8.27. The van der Waals surface area contributed by atoms with E-state index < -0.39 is 0 Å². The Morgan fingerprint density at radius 3 is 2.62 bits per heavy atom. The van der Waals surface area contributed by atoms with Crippen molar-refractivity contribution in [3.63, 3.8) is 0 Å². The number of nitrogens with zero attached hydrogens (tertiary/aromatic N) is 2. The predicted octanol–water partition coefficient (Wildman–Crippen LogP) is 3.47. The van der Waals surface area contributed by atoms with Gasteiger partial charge in [0.2, 0.25) is 5.75 Å². The normalized spacial score (nSPS) is 10.4. The SMILES string of the molecule is CNc1ncnc(Oc2cccc3ccccc23)c1OC. The fourth-order valence-electron chi connectivity index (χ4n) is 2.18. The van der Waals surface area contributed by atoms with E-state index in [1.807, 2.05) is 42.5 Å². The Hall–Kier alpha value is -2.82. The van der Waals surface area contributed by atoms with Crippen LogP contribution in [-0.2, 0) is 0 Å². The molecular formula is C16H15N3O2. The molecule has 0 unspecified atom stereocenters. The highest BCUT2D eigenvalue weighted by Crippen LogP contribution is 2.36. The van der Waals surface area contributed by atoms with Crippen LogP contribution in [0.3, 0.4) is 0 Å². The van der Waals surface area contributed by atoms with Crippen molar-refractivity contribution < 1.29 is 9.47 Å². The molecule has 5 nitrogen and oxygen atoms in total. The number of rotatable bonds is 4. The molecule has 0 aliphatic carbocycles. The maximum absolute atomic E-state index is 5.94. The standard InChI is InChI=1S/C16H15N3O2/c1-17-15-14(20-2)16(19-10-18-15)21-13-9-5-7-11-6-3-4-8-12(11)13/h3-10H,1-2H3,(H,17,18,19). The van der Waals surface area contributed by atoms with Crippen LogP contribution in [0.15, 0.2) is 48.8 Å². The number of anilines is 1. The van der Waals surface area contributed by atoms with Crippen molar-refractivity contribution in [1.29, 1.82) is 0 Å². The molecular weight excluding hydrogens is 266 g/mol. The third-order valence-electron chi connectivity index (χ3n) is 3.17. The summed E-state index contributed by atoms with van der Waals surface area (Å²) in [7, 11) is 3.34. The summed E-state index contributed by atoms with van der Waals surface area (Å²) < 4.78 is 11.3. The Morgan fingerprint density at radius 2 is 1.81 bits per heavy atom. The molecule has 0 radical (unpaired) electrons. The second-order valence-electron chi connectivity index (χ2n) is 4.39. The van der Waals surface area contributed by atoms with Crippen LogP contribution in [0, 0.1) is 0 Å². The lowest BCUT2D eigenvalue weighted by Crippen LogP contribution is -2.01. The third-order valence-corrected chi connectivity index (χ3v) is 3.17. The van der Waals surface area contributed by atoms with E-state index in [0.29, 0.717) is 17.4 Å². The fourth-order valence-corrected chi connectivity index (χ4v) is 2.18. The molecule has 0 saturated carbocycles. The van der Waals surface area contributed by atoms with Gasteiger partial charge in [0, 0.05) is 12.4 Å². The Balaban J connectivity index is 2.07. The summed E-state index contributed by atoms with van der Waals surface area (Å²) in [6, 6.07) is 13.9. The summed E-state index contributed by atoms with van der Waals surface area (Å²) in [5.74, 6) is 2.18. The van der Waals surface area contributed by atoms with Crippen molar-refractivity contribution in [3.8, 4) is 17.4 Å². The number of fused-ring (bicyclic) bond motifs is 1. The molecule has 0 amide bonds. The molecule has 3 rings (SSSR count). The maximum atomic E-state index is 5.94. The molecule has 0 aliphatic rings. The first-order valence-electron chi connectivity index (χ1n) is 6.56. The van der Waals surface area contributed by atoms with Crippen LogP contribution in [0.4, 0.5) is 5.82 Å². The summed E-state index contributed by atoms with van der Waals surface area (Å²) >= 11 is 0. The van der Waals surface area contributed by atoms with E-state index in [1.54, 1.807) is 14.2 Å². The Bertz CT molecular complexity index is 769. The summed E-state index contributed by atoms with van der Waals surface area (Å²) in [6.07, 6.45) is 1.44. The lowest BCUT2D eigenvalue weighted by molar-refractivity contribution is 0.370. The molecule has 21 heavy (non-hydrogen) atoms. The van der Waals surface area contributed by atoms with Crippen molar-refractivity contribution in [2.45, 2.75) is 0 Å². The smallest absolute Gasteiger partial charge is 0.268 e. The monoisotopic (exact) mass is 281 g/mol. The van der Waals surface area contributed by atoms with E-state index in [9.17, 15) is 0 Å². The maximum Gasteiger partial charge on any atom is 0.268 e. The van der Waals surface area contributed by atoms with E-state index in [2.05, 4.69) is 15.3 Å². The van der Waals surface area contributed by atoms with E-state index in [4.69, 9.17) is 9.47 Å². The van der Waals surface area contributed by atoms with Crippen molar-refractivity contribution >= 4 is 16.6 Å². The van der Waals surface area contributed by atoms with Crippen LogP contribution >= 0.6 is 0 Å². The number of methoxy groups -OCH3 is 1. The first-order valence-corrected chi connectivity index (χ1v) is 6.56. The molecule has 2 aromatic carbocycles. The highest BCUT2D eigenvalue weighted by atomic mass is 16.5. The topological polar surface area (TPSA) is 56.3 Å². The first kappa shape index (κ1) is 13.2. The number of ether oxygens (including phenoxy) is 2. The molecule has 0 atom stereocenters. The molecule has 3 aromatic rings. The largest absolute Gasteiger partial charge is 0.489 e. The molecule has 1 aromatic heterocycles. The molecule has 5 heteroatoms.